The topological polar surface area (TPSA) is 43.8 Å². The fourth-order valence-electron chi connectivity index (χ4n) is 2.90. The van der Waals surface area contributed by atoms with Crippen molar-refractivity contribution in [1.82, 2.24) is 9.21 Å². The molecule has 0 bridgehead atoms. The van der Waals surface area contributed by atoms with Crippen molar-refractivity contribution in [2.45, 2.75) is 30.8 Å². The molecule has 2 rings (SSSR count). The van der Waals surface area contributed by atoms with Crippen LogP contribution < -0.4 is 0 Å². The molecule has 21 heavy (non-hydrogen) atoms. The second-order valence-corrected chi connectivity index (χ2v) is 8.09. The van der Waals surface area contributed by atoms with E-state index in [0.29, 0.717) is 10.8 Å². The third-order valence-electron chi connectivity index (χ3n) is 4.02. The van der Waals surface area contributed by atoms with Crippen LogP contribution in [0.15, 0.2) is 29.2 Å². The van der Waals surface area contributed by atoms with Gasteiger partial charge in [0, 0.05) is 25.7 Å². The highest BCUT2D eigenvalue weighted by Crippen LogP contribution is 2.27. The van der Waals surface area contributed by atoms with Crippen molar-refractivity contribution >= 4 is 11.0 Å². The molecule has 0 amide bonds. The average molecular weight is 310 g/mol. The number of nitrogens with zero attached hydrogens (tertiary/aromatic N) is 2. The number of benzene rings is 1. The molecule has 0 spiro atoms. The molecular formula is C16H26N2O2S. The first kappa shape index (κ1) is 16.6. The quantitative estimate of drug-likeness (QED) is 0.902. The minimum Gasteiger partial charge on any atom is -0.386 e. The summed E-state index contributed by atoms with van der Waals surface area (Å²) in [5.41, 5.74) is -0.251. The smallest absolute Gasteiger partial charge is 0.127 e. The van der Waals surface area contributed by atoms with Crippen molar-refractivity contribution in [2.75, 3.05) is 33.7 Å². The van der Waals surface area contributed by atoms with Crippen LogP contribution >= 0.6 is 0 Å². The molecule has 1 aliphatic heterocycles. The Morgan fingerprint density at radius 2 is 2.10 bits per heavy atom. The summed E-state index contributed by atoms with van der Waals surface area (Å²) in [4.78, 5) is 3.02. The van der Waals surface area contributed by atoms with E-state index in [2.05, 4.69) is 11.9 Å². The van der Waals surface area contributed by atoms with E-state index in [-0.39, 0.29) is 0 Å². The standard InChI is InChI=1S/C16H26N2O2S/c1-16(2,19)14-7-5-6-8-15(14)21(20)18(4)12-13-9-10-17(3)11-13/h5-8,13,19H,9-12H2,1-4H3. The molecule has 1 saturated heterocycles. The molecule has 1 aromatic carbocycles. The van der Waals surface area contributed by atoms with E-state index >= 15 is 0 Å². The van der Waals surface area contributed by atoms with Crippen LogP contribution in [-0.4, -0.2) is 52.3 Å². The summed E-state index contributed by atoms with van der Waals surface area (Å²) in [5.74, 6) is 0.568. The first-order chi connectivity index (χ1) is 9.79. The van der Waals surface area contributed by atoms with E-state index in [1.54, 1.807) is 13.8 Å². The number of likely N-dealkylation sites (tertiary alicyclic amines) is 1. The summed E-state index contributed by atoms with van der Waals surface area (Å²) < 4.78 is 14.7. The van der Waals surface area contributed by atoms with Crippen LogP contribution in [-0.2, 0) is 16.6 Å². The van der Waals surface area contributed by atoms with E-state index < -0.39 is 16.6 Å². The molecule has 2 atom stereocenters. The molecule has 0 aromatic heterocycles. The minimum atomic E-state index is -1.24. The van der Waals surface area contributed by atoms with E-state index in [9.17, 15) is 9.32 Å². The maximum atomic E-state index is 12.8. The van der Waals surface area contributed by atoms with Gasteiger partial charge >= 0.3 is 0 Å². The average Bonchev–Trinajstić information content (AvgIpc) is 2.82. The van der Waals surface area contributed by atoms with Gasteiger partial charge in [-0.15, -0.1) is 0 Å². The first-order valence-electron chi connectivity index (χ1n) is 7.42. The van der Waals surface area contributed by atoms with Crippen LogP contribution in [0, 0.1) is 5.92 Å². The van der Waals surface area contributed by atoms with Crippen molar-refractivity contribution in [1.29, 1.82) is 0 Å². The SMILES string of the molecule is CN1CCC(CN(C)S(=O)c2ccccc2C(C)(C)O)C1. The highest BCUT2D eigenvalue weighted by molar-refractivity contribution is 7.82. The number of rotatable bonds is 5. The Hall–Kier alpha value is -0.750. The lowest BCUT2D eigenvalue weighted by Gasteiger charge is -2.25. The zero-order chi connectivity index (χ0) is 15.6. The van der Waals surface area contributed by atoms with Crippen molar-refractivity contribution in [2.24, 2.45) is 5.92 Å². The van der Waals surface area contributed by atoms with Gasteiger partial charge in [0.25, 0.3) is 0 Å². The van der Waals surface area contributed by atoms with Gasteiger partial charge in [-0.3, -0.25) is 0 Å². The Morgan fingerprint density at radius 3 is 2.67 bits per heavy atom. The Morgan fingerprint density at radius 1 is 1.43 bits per heavy atom. The van der Waals surface area contributed by atoms with Crippen LogP contribution in [0.2, 0.25) is 0 Å². The zero-order valence-electron chi connectivity index (χ0n) is 13.4. The van der Waals surface area contributed by atoms with Gasteiger partial charge in [-0.05, 0) is 45.8 Å². The van der Waals surface area contributed by atoms with Gasteiger partial charge in [0.15, 0.2) is 0 Å². The van der Waals surface area contributed by atoms with Crippen molar-refractivity contribution < 1.29 is 9.32 Å². The van der Waals surface area contributed by atoms with Gasteiger partial charge in [-0.25, -0.2) is 8.51 Å². The number of aliphatic hydroxyl groups is 1. The van der Waals surface area contributed by atoms with E-state index in [0.717, 1.165) is 31.6 Å². The maximum Gasteiger partial charge on any atom is 0.127 e. The van der Waals surface area contributed by atoms with Crippen LogP contribution in [0.3, 0.4) is 0 Å². The van der Waals surface area contributed by atoms with Gasteiger partial charge in [0.05, 0.1) is 10.5 Å². The summed E-state index contributed by atoms with van der Waals surface area (Å²) in [7, 11) is 2.79. The zero-order valence-corrected chi connectivity index (χ0v) is 14.2. The third-order valence-corrected chi connectivity index (χ3v) is 5.47. The van der Waals surface area contributed by atoms with E-state index in [1.807, 2.05) is 35.6 Å². The van der Waals surface area contributed by atoms with E-state index in [1.165, 1.54) is 0 Å². The van der Waals surface area contributed by atoms with E-state index in [4.69, 9.17) is 0 Å². The molecule has 1 fully saturated rings. The number of hydrogen-bond donors (Lipinski definition) is 1. The fraction of sp³-hybridized carbons (Fsp3) is 0.625. The summed E-state index contributed by atoms with van der Waals surface area (Å²) in [6.45, 7) is 6.46. The molecule has 0 aliphatic carbocycles. The Balaban J connectivity index is 2.13. The lowest BCUT2D eigenvalue weighted by atomic mass is 9.99. The third kappa shape index (κ3) is 4.13. The summed E-state index contributed by atoms with van der Waals surface area (Å²) in [5, 5.41) is 10.3. The molecule has 4 nitrogen and oxygen atoms in total. The second kappa shape index (κ2) is 6.57. The van der Waals surface area contributed by atoms with Gasteiger partial charge in [-0.2, -0.15) is 0 Å². The summed E-state index contributed by atoms with van der Waals surface area (Å²) in [6, 6.07) is 7.45. The molecule has 1 aromatic rings. The summed E-state index contributed by atoms with van der Waals surface area (Å²) >= 11 is 0. The largest absolute Gasteiger partial charge is 0.386 e. The molecule has 0 radical (unpaired) electrons. The molecule has 5 heteroatoms. The lowest BCUT2D eigenvalue weighted by Crippen LogP contribution is -2.30. The molecular weight excluding hydrogens is 284 g/mol. The van der Waals surface area contributed by atoms with Gasteiger partial charge in [-0.1, -0.05) is 18.2 Å². The van der Waals surface area contributed by atoms with Crippen LogP contribution in [0.4, 0.5) is 0 Å². The van der Waals surface area contributed by atoms with Crippen molar-refractivity contribution in [3.8, 4) is 0 Å². The van der Waals surface area contributed by atoms with Gasteiger partial charge in [0.2, 0.25) is 0 Å². The second-order valence-electron chi connectivity index (χ2n) is 6.53. The normalized spacial score (nSPS) is 21.9. The lowest BCUT2D eigenvalue weighted by molar-refractivity contribution is 0.0755. The first-order valence-corrected chi connectivity index (χ1v) is 8.53. The van der Waals surface area contributed by atoms with Crippen LogP contribution in [0.25, 0.3) is 0 Å². The highest BCUT2D eigenvalue weighted by Gasteiger charge is 2.27. The monoisotopic (exact) mass is 310 g/mol. The highest BCUT2D eigenvalue weighted by atomic mass is 32.2. The van der Waals surface area contributed by atoms with Gasteiger partial charge in [0.1, 0.15) is 11.0 Å². The van der Waals surface area contributed by atoms with Crippen LogP contribution in [0.5, 0.6) is 0 Å². The molecule has 1 aliphatic rings. The molecule has 1 N–H and O–H groups in total. The minimum absolute atomic E-state index is 0.568. The predicted octanol–water partition coefficient (Wildman–Crippen LogP) is 1.82. The fourth-order valence-corrected chi connectivity index (χ4v) is 4.28. The molecule has 1 heterocycles. The molecule has 0 saturated carbocycles. The van der Waals surface area contributed by atoms with Crippen molar-refractivity contribution in [3.63, 3.8) is 0 Å². The number of hydrogen-bond acceptors (Lipinski definition) is 3. The van der Waals surface area contributed by atoms with Gasteiger partial charge < -0.3 is 10.0 Å². The van der Waals surface area contributed by atoms with Crippen LogP contribution in [0.1, 0.15) is 25.8 Å². The predicted molar refractivity (Wildman–Crippen MR) is 86.3 cm³/mol. The molecule has 118 valence electrons. The molecule has 2 unspecified atom stereocenters. The maximum absolute atomic E-state index is 12.8. The Kier molecular flexibility index (Phi) is 5.20. The Labute approximate surface area is 130 Å². The Bertz CT molecular complexity index is 513. The summed E-state index contributed by atoms with van der Waals surface area (Å²) in [6.07, 6.45) is 1.16. The van der Waals surface area contributed by atoms with Crippen molar-refractivity contribution in [3.05, 3.63) is 29.8 Å².